The van der Waals surface area contributed by atoms with Crippen LogP contribution in [0.1, 0.15) is 26.2 Å². The summed E-state index contributed by atoms with van der Waals surface area (Å²) in [5.74, 6) is 0.646. The molecule has 0 saturated carbocycles. The third kappa shape index (κ3) is 2.95. The topological polar surface area (TPSA) is 50.4 Å². The SMILES string of the molecule is CCCCCNC1=CC(N)=NC1. The number of rotatable bonds is 5. The number of nitrogens with one attached hydrogen (secondary N) is 1. The minimum atomic E-state index is 0.646. The van der Waals surface area contributed by atoms with Gasteiger partial charge in [-0.1, -0.05) is 19.8 Å². The zero-order chi connectivity index (χ0) is 8.81. The first-order chi connectivity index (χ1) is 5.83. The fourth-order valence-corrected chi connectivity index (χ4v) is 1.18. The van der Waals surface area contributed by atoms with Gasteiger partial charge in [0.15, 0.2) is 0 Å². The van der Waals surface area contributed by atoms with Gasteiger partial charge in [0, 0.05) is 18.3 Å². The molecule has 0 radical (unpaired) electrons. The Kier molecular flexibility index (Phi) is 3.64. The number of hydrogen-bond acceptors (Lipinski definition) is 3. The molecule has 3 N–H and O–H groups in total. The number of nitrogens with zero attached hydrogens (tertiary/aromatic N) is 1. The normalized spacial score (nSPS) is 15.8. The van der Waals surface area contributed by atoms with Gasteiger partial charge in [-0.3, -0.25) is 4.99 Å². The standard InChI is InChI=1S/C9H17N3/c1-2-3-4-5-11-8-6-9(10)12-7-8/h6,11H,2-5,7H2,1H3,(H2,10,12). The van der Waals surface area contributed by atoms with Crippen LogP contribution in [0.4, 0.5) is 0 Å². The van der Waals surface area contributed by atoms with Gasteiger partial charge in [-0.25, -0.2) is 0 Å². The largest absolute Gasteiger partial charge is 0.387 e. The van der Waals surface area contributed by atoms with E-state index in [1.165, 1.54) is 19.3 Å². The van der Waals surface area contributed by atoms with Crippen LogP contribution >= 0.6 is 0 Å². The van der Waals surface area contributed by atoms with Crippen molar-refractivity contribution >= 4 is 5.84 Å². The highest BCUT2D eigenvalue weighted by atomic mass is 15.0. The van der Waals surface area contributed by atoms with Crippen LogP contribution in [0.2, 0.25) is 0 Å². The first-order valence-corrected chi connectivity index (χ1v) is 4.57. The molecule has 0 fully saturated rings. The van der Waals surface area contributed by atoms with Gasteiger partial charge in [0.05, 0.1) is 6.54 Å². The van der Waals surface area contributed by atoms with Gasteiger partial charge in [-0.15, -0.1) is 0 Å². The molecule has 0 aromatic rings. The highest BCUT2D eigenvalue weighted by Crippen LogP contribution is 1.99. The highest BCUT2D eigenvalue weighted by molar-refractivity contribution is 5.93. The number of nitrogens with two attached hydrogens (primary N) is 1. The molecule has 0 unspecified atom stereocenters. The molecule has 0 spiro atoms. The minimum absolute atomic E-state index is 0.646. The van der Waals surface area contributed by atoms with E-state index in [1.54, 1.807) is 0 Å². The van der Waals surface area contributed by atoms with Gasteiger partial charge in [0.1, 0.15) is 5.84 Å². The van der Waals surface area contributed by atoms with E-state index >= 15 is 0 Å². The van der Waals surface area contributed by atoms with E-state index < -0.39 is 0 Å². The van der Waals surface area contributed by atoms with Crippen LogP contribution in [0, 0.1) is 0 Å². The van der Waals surface area contributed by atoms with Crippen LogP contribution in [0.25, 0.3) is 0 Å². The molecule has 0 aliphatic carbocycles. The van der Waals surface area contributed by atoms with Crippen molar-refractivity contribution in [1.29, 1.82) is 0 Å². The molecule has 0 aromatic carbocycles. The van der Waals surface area contributed by atoms with Crippen LogP contribution in [-0.4, -0.2) is 18.9 Å². The minimum Gasteiger partial charge on any atom is -0.387 e. The van der Waals surface area contributed by atoms with Crippen LogP contribution in [0.15, 0.2) is 16.8 Å². The van der Waals surface area contributed by atoms with Crippen molar-refractivity contribution < 1.29 is 0 Å². The molecule has 3 nitrogen and oxygen atoms in total. The molecule has 0 saturated heterocycles. The van der Waals surface area contributed by atoms with E-state index in [1.807, 2.05) is 6.08 Å². The lowest BCUT2D eigenvalue weighted by atomic mass is 10.2. The predicted octanol–water partition coefficient (Wildman–Crippen LogP) is 1.02. The maximum Gasteiger partial charge on any atom is 0.120 e. The molecule has 1 aliphatic heterocycles. The summed E-state index contributed by atoms with van der Waals surface area (Å²) in [6, 6.07) is 0. The summed E-state index contributed by atoms with van der Waals surface area (Å²) in [6.45, 7) is 3.98. The smallest absolute Gasteiger partial charge is 0.120 e. The van der Waals surface area contributed by atoms with E-state index in [4.69, 9.17) is 5.73 Å². The third-order valence-electron chi connectivity index (χ3n) is 1.89. The second-order valence-corrected chi connectivity index (χ2v) is 3.04. The summed E-state index contributed by atoms with van der Waals surface area (Å²) >= 11 is 0. The van der Waals surface area contributed by atoms with E-state index in [0.29, 0.717) is 5.84 Å². The molecule has 0 amide bonds. The van der Waals surface area contributed by atoms with Gasteiger partial charge < -0.3 is 11.1 Å². The van der Waals surface area contributed by atoms with Crippen LogP contribution < -0.4 is 11.1 Å². The molecule has 12 heavy (non-hydrogen) atoms. The maximum atomic E-state index is 5.49. The molecule has 1 aliphatic rings. The average Bonchev–Trinajstić information content (AvgIpc) is 2.45. The Morgan fingerprint density at radius 2 is 2.42 bits per heavy atom. The Labute approximate surface area is 73.7 Å². The molecule has 0 atom stereocenters. The van der Waals surface area contributed by atoms with Crippen LogP contribution in [-0.2, 0) is 0 Å². The van der Waals surface area contributed by atoms with Gasteiger partial charge in [0.25, 0.3) is 0 Å². The molecule has 0 aromatic heterocycles. The Morgan fingerprint density at radius 1 is 1.58 bits per heavy atom. The Hall–Kier alpha value is -0.990. The summed E-state index contributed by atoms with van der Waals surface area (Å²) < 4.78 is 0. The van der Waals surface area contributed by atoms with Crippen molar-refractivity contribution in [3.8, 4) is 0 Å². The Bertz CT molecular complexity index is 194. The predicted molar refractivity (Wildman–Crippen MR) is 52.1 cm³/mol. The lowest BCUT2D eigenvalue weighted by molar-refractivity contribution is 0.664. The summed E-state index contributed by atoms with van der Waals surface area (Å²) in [7, 11) is 0. The second kappa shape index (κ2) is 4.80. The lowest BCUT2D eigenvalue weighted by Gasteiger charge is -2.04. The van der Waals surface area contributed by atoms with E-state index in [2.05, 4.69) is 17.2 Å². The summed E-state index contributed by atoms with van der Waals surface area (Å²) in [5, 5.41) is 3.31. The fourth-order valence-electron chi connectivity index (χ4n) is 1.18. The first kappa shape index (κ1) is 9.10. The van der Waals surface area contributed by atoms with Gasteiger partial charge in [-0.2, -0.15) is 0 Å². The zero-order valence-corrected chi connectivity index (χ0v) is 7.64. The first-order valence-electron chi connectivity index (χ1n) is 4.57. The molecule has 68 valence electrons. The molecule has 1 heterocycles. The lowest BCUT2D eigenvalue weighted by Crippen LogP contribution is -2.15. The van der Waals surface area contributed by atoms with Crippen molar-refractivity contribution in [2.24, 2.45) is 10.7 Å². The van der Waals surface area contributed by atoms with Crippen molar-refractivity contribution in [2.75, 3.05) is 13.1 Å². The molecular formula is C9H17N3. The number of amidine groups is 1. The number of unbranched alkanes of at least 4 members (excludes halogenated alkanes) is 2. The van der Waals surface area contributed by atoms with E-state index in [0.717, 1.165) is 18.8 Å². The summed E-state index contributed by atoms with van der Waals surface area (Å²) in [6.07, 6.45) is 5.69. The van der Waals surface area contributed by atoms with Crippen LogP contribution in [0.3, 0.4) is 0 Å². The molecule has 1 rings (SSSR count). The monoisotopic (exact) mass is 167 g/mol. The van der Waals surface area contributed by atoms with Crippen molar-refractivity contribution in [3.63, 3.8) is 0 Å². The summed E-state index contributed by atoms with van der Waals surface area (Å²) in [4.78, 5) is 4.06. The fraction of sp³-hybridized carbons (Fsp3) is 0.667. The van der Waals surface area contributed by atoms with Crippen molar-refractivity contribution in [1.82, 2.24) is 5.32 Å². The Morgan fingerprint density at radius 3 is 3.00 bits per heavy atom. The van der Waals surface area contributed by atoms with E-state index in [-0.39, 0.29) is 0 Å². The van der Waals surface area contributed by atoms with Gasteiger partial charge >= 0.3 is 0 Å². The molecule has 0 bridgehead atoms. The van der Waals surface area contributed by atoms with E-state index in [9.17, 15) is 0 Å². The Balaban J connectivity index is 2.06. The van der Waals surface area contributed by atoms with Gasteiger partial charge in [-0.05, 0) is 6.42 Å². The molecular weight excluding hydrogens is 150 g/mol. The van der Waals surface area contributed by atoms with Crippen molar-refractivity contribution in [2.45, 2.75) is 26.2 Å². The second-order valence-electron chi connectivity index (χ2n) is 3.04. The van der Waals surface area contributed by atoms with Crippen molar-refractivity contribution in [3.05, 3.63) is 11.8 Å². The number of aliphatic imine (C=N–C) groups is 1. The summed E-state index contributed by atoms with van der Waals surface area (Å²) in [5.41, 5.74) is 6.65. The average molecular weight is 167 g/mol. The third-order valence-corrected chi connectivity index (χ3v) is 1.89. The highest BCUT2D eigenvalue weighted by Gasteiger charge is 2.02. The number of hydrogen-bond donors (Lipinski definition) is 2. The zero-order valence-electron chi connectivity index (χ0n) is 7.64. The maximum absolute atomic E-state index is 5.49. The molecule has 3 heteroatoms. The van der Waals surface area contributed by atoms with Gasteiger partial charge in [0.2, 0.25) is 0 Å². The van der Waals surface area contributed by atoms with Crippen LogP contribution in [0.5, 0.6) is 0 Å². The quantitative estimate of drug-likeness (QED) is 0.601.